The lowest BCUT2D eigenvalue weighted by molar-refractivity contribution is 0.329. The normalized spacial score (nSPS) is 15.2. The first kappa shape index (κ1) is 18.1. The number of aromatic nitrogens is 3. The second kappa shape index (κ2) is 7.44. The van der Waals surface area contributed by atoms with E-state index in [0.717, 1.165) is 48.2 Å². The number of hydrogen-bond donors (Lipinski definition) is 0. The number of halogens is 2. The number of nitrogens with zero attached hydrogens (tertiary/aromatic N) is 4. The Bertz CT molecular complexity index is 1150. The summed E-state index contributed by atoms with van der Waals surface area (Å²) >= 11 is 6.30. The van der Waals surface area contributed by atoms with Crippen molar-refractivity contribution in [3.05, 3.63) is 71.3 Å². The Labute approximate surface area is 172 Å². The van der Waals surface area contributed by atoms with Crippen LogP contribution in [0.3, 0.4) is 0 Å². The fourth-order valence-corrected chi connectivity index (χ4v) is 3.97. The summed E-state index contributed by atoms with van der Waals surface area (Å²) < 4.78 is 18.6. The minimum Gasteiger partial charge on any atom is -0.357 e. The van der Waals surface area contributed by atoms with Crippen LogP contribution in [0.4, 0.5) is 10.2 Å². The lowest BCUT2D eigenvalue weighted by atomic mass is 9.96. The third-order valence-corrected chi connectivity index (χ3v) is 5.67. The number of anilines is 1. The van der Waals surface area contributed by atoms with Gasteiger partial charge in [0.2, 0.25) is 11.7 Å². The van der Waals surface area contributed by atoms with Gasteiger partial charge in [0.05, 0.1) is 10.5 Å². The van der Waals surface area contributed by atoms with Gasteiger partial charge in [0.15, 0.2) is 0 Å². The molecule has 4 aromatic rings. The summed E-state index contributed by atoms with van der Waals surface area (Å²) in [6.45, 7) is 1.70. The average molecular weight is 409 g/mol. The number of benzene rings is 2. The SMILES string of the molecule is Fc1ccc(-c2noc(C3CCN(c4ccc5cccc(Cl)c5n4)CC3)n2)cc1. The van der Waals surface area contributed by atoms with Gasteiger partial charge < -0.3 is 9.42 Å². The van der Waals surface area contributed by atoms with E-state index < -0.39 is 0 Å². The molecular formula is C22H18ClFN4O. The molecule has 0 N–H and O–H groups in total. The molecule has 0 saturated carbocycles. The molecule has 1 aliphatic rings. The minimum atomic E-state index is -0.284. The summed E-state index contributed by atoms with van der Waals surface area (Å²) in [5, 5.41) is 5.77. The summed E-state index contributed by atoms with van der Waals surface area (Å²) in [5.74, 6) is 1.98. The lowest BCUT2D eigenvalue weighted by Gasteiger charge is -2.31. The molecule has 0 atom stereocenters. The van der Waals surface area contributed by atoms with E-state index in [4.69, 9.17) is 21.1 Å². The van der Waals surface area contributed by atoms with Crippen LogP contribution in [-0.2, 0) is 0 Å². The molecule has 0 unspecified atom stereocenters. The first-order chi connectivity index (χ1) is 14.2. The van der Waals surface area contributed by atoms with Crippen molar-refractivity contribution in [3.8, 4) is 11.4 Å². The largest absolute Gasteiger partial charge is 0.357 e. The predicted molar refractivity (Wildman–Crippen MR) is 111 cm³/mol. The molecule has 1 fully saturated rings. The Kier molecular flexibility index (Phi) is 4.64. The molecule has 3 heterocycles. The number of rotatable bonds is 3. The number of hydrogen-bond acceptors (Lipinski definition) is 5. The molecule has 146 valence electrons. The summed E-state index contributed by atoms with van der Waals surface area (Å²) in [6.07, 6.45) is 1.79. The third-order valence-electron chi connectivity index (χ3n) is 5.37. The van der Waals surface area contributed by atoms with E-state index >= 15 is 0 Å². The molecule has 2 aromatic heterocycles. The monoisotopic (exact) mass is 408 g/mol. The van der Waals surface area contributed by atoms with Gasteiger partial charge >= 0.3 is 0 Å². The third kappa shape index (κ3) is 3.56. The highest BCUT2D eigenvalue weighted by Crippen LogP contribution is 2.31. The summed E-state index contributed by atoms with van der Waals surface area (Å²) in [7, 11) is 0. The summed E-state index contributed by atoms with van der Waals surface area (Å²) in [4.78, 5) is 11.6. The van der Waals surface area contributed by atoms with Gasteiger partial charge in [-0.15, -0.1) is 0 Å². The highest BCUT2D eigenvalue weighted by Gasteiger charge is 2.26. The molecule has 0 aliphatic carbocycles. The van der Waals surface area contributed by atoms with Gasteiger partial charge in [-0.2, -0.15) is 4.98 Å². The molecular weight excluding hydrogens is 391 g/mol. The Balaban J connectivity index is 1.29. The van der Waals surface area contributed by atoms with Crippen molar-refractivity contribution in [1.82, 2.24) is 15.1 Å². The van der Waals surface area contributed by atoms with Crippen molar-refractivity contribution in [2.75, 3.05) is 18.0 Å². The van der Waals surface area contributed by atoms with Crippen LogP contribution < -0.4 is 4.90 Å². The van der Waals surface area contributed by atoms with Gasteiger partial charge in [-0.3, -0.25) is 0 Å². The zero-order valence-corrected chi connectivity index (χ0v) is 16.3. The van der Waals surface area contributed by atoms with E-state index in [0.29, 0.717) is 16.7 Å². The van der Waals surface area contributed by atoms with E-state index in [1.54, 1.807) is 12.1 Å². The van der Waals surface area contributed by atoms with E-state index in [9.17, 15) is 4.39 Å². The van der Waals surface area contributed by atoms with Crippen molar-refractivity contribution >= 4 is 28.3 Å². The molecule has 1 saturated heterocycles. The molecule has 0 amide bonds. The van der Waals surface area contributed by atoms with Crippen LogP contribution >= 0.6 is 11.6 Å². The van der Waals surface area contributed by atoms with Gasteiger partial charge in [-0.25, -0.2) is 9.37 Å². The topological polar surface area (TPSA) is 55.1 Å². The van der Waals surface area contributed by atoms with Crippen molar-refractivity contribution in [2.24, 2.45) is 0 Å². The van der Waals surface area contributed by atoms with Crippen LogP contribution in [0.5, 0.6) is 0 Å². The molecule has 29 heavy (non-hydrogen) atoms. The van der Waals surface area contributed by atoms with Gasteiger partial charge in [-0.1, -0.05) is 28.9 Å². The van der Waals surface area contributed by atoms with Crippen LogP contribution in [0.15, 0.2) is 59.1 Å². The standard InChI is InChI=1S/C22H18ClFN4O/c23-18-3-1-2-14-6-9-19(25-20(14)18)28-12-10-16(11-13-28)22-26-21(27-29-22)15-4-7-17(24)8-5-15/h1-9,16H,10-13H2. The minimum absolute atomic E-state index is 0.206. The highest BCUT2D eigenvalue weighted by molar-refractivity contribution is 6.35. The Morgan fingerprint density at radius 1 is 0.966 bits per heavy atom. The molecule has 5 nitrogen and oxygen atoms in total. The first-order valence-electron chi connectivity index (χ1n) is 9.57. The van der Waals surface area contributed by atoms with E-state index in [2.05, 4.69) is 21.1 Å². The van der Waals surface area contributed by atoms with Gasteiger partial charge in [-0.05, 0) is 55.3 Å². The zero-order valence-electron chi connectivity index (χ0n) is 15.6. The van der Waals surface area contributed by atoms with Gasteiger partial charge in [0.1, 0.15) is 11.6 Å². The maximum Gasteiger partial charge on any atom is 0.230 e. The quantitative estimate of drug-likeness (QED) is 0.450. The fraction of sp³-hybridized carbons (Fsp3) is 0.227. The number of pyridine rings is 1. The van der Waals surface area contributed by atoms with Crippen LogP contribution in [-0.4, -0.2) is 28.2 Å². The summed E-state index contributed by atoms with van der Waals surface area (Å²) in [5.41, 5.74) is 1.57. The van der Waals surface area contributed by atoms with Crippen LogP contribution in [0.25, 0.3) is 22.3 Å². The molecule has 0 radical (unpaired) electrons. The van der Waals surface area contributed by atoms with Crippen LogP contribution in [0, 0.1) is 5.82 Å². The molecule has 2 aromatic carbocycles. The van der Waals surface area contributed by atoms with Crippen molar-refractivity contribution < 1.29 is 8.91 Å². The van der Waals surface area contributed by atoms with E-state index in [1.807, 2.05) is 24.3 Å². The summed E-state index contributed by atoms with van der Waals surface area (Å²) in [6, 6.07) is 16.0. The van der Waals surface area contributed by atoms with Gasteiger partial charge in [0, 0.05) is 30.0 Å². The number of piperidine rings is 1. The number of para-hydroxylation sites is 1. The van der Waals surface area contributed by atoms with Crippen molar-refractivity contribution in [3.63, 3.8) is 0 Å². The Hall–Kier alpha value is -2.99. The number of fused-ring (bicyclic) bond motifs is 1. The second-order valence-electron chi connectivity index (χ2n) is 7.21. The average Bonchev–Trinajstić information content (AvgIpc) is 3.25. The zero-order chi connectivity index (χ0) is 19.8. The van der Waals surface area contributed by atoms with Crippen LogP contribution in [0.2, 0.25) is 5.02 Å². The fourth-order valence-electron chi connectivity index (χ4n) is 3.75. The van der Waals surface area contributed by atoms with Gasteiger partial charge in [0.25, 0.3) is 0 Å². The smallest absolute Gasteiger partial charge is 0.230 e. The van der Waals surface area contributed by atoms with Crippen molar-refractivity contribution in [2.45, 2.75) is 18.8 Å². The Morgan fingerprint density at radius 3 is 2.55 bits per heavy atom. The maximum atomic E-state index is 13.1. The van der Waals surface area contributed by atoms with Crippen LogP contribution in [0.1, 0.15) is 24.7 Å². The molecule has 0 spiro atoms. The molecule has 0 bridgehead atoms. The maximum absolute atomic E-state index is 13.1. The van der Waals surface area contributed by atoms with Crippen molar-refractivity contribution in [1.29, 1.82) is 0 Å². The highest BCUT2D eigenvalue weighted by atomic mass is 35.5. The lowest BCUT2D eigenvalue weighted by Crippen LogP contribution is -2.33. The molecule has 5 rings (SSSR count). The molecule has 7 heteroatoms. The molecule has 1 aliphatic heterocycles. The Morgan fingerprint density at radius 2 is 1.76 bits per heavy atom. The second-order valence-corrected chi connectivity index (χ2v) is 7.61. The predicted octanol–water partition coefficient (Wildman–Crippen LogP) is 5.46. The first-order valence-corrected chi connectivity index (χ1v) is 9.95. The van der Waals surface area contributed by atoms with E-state index in [-0.39, 0.29) is 11.7 Å². The van der Waals surface area contributed by atoms with E-state index in [1.165, 1.54) is 12.1 Å².